The van der Waals surface area contributed by atoms with E-state index in [1.54, 1.807) is 26.2 Å². The molecule has 0 spiro atoms. The van der Waals surface area contributed by atoms with Crippen LogP contribution in [0.15, 0.2) is 22.7 Å². The van der Waals surface area contributed by atoms with Gasteiger partial charge in [-0.15, -0.1) is 0 Å². The van der Waals surface area contributed by atoms with Gasteiger partial charge in [0.05, 0.1) is 18.1 Å². The molecule has 0 aliphatic carbocycles. The molecule has 0 saturated heterocycles. The lowest BCUT2D eigenvalue weighted by molar-refractivity contribution is -0.129. The molecular formula is C11H13BrClNO2. The van der Waals surface area contributed by atoms with Gasteiger partial charge in [0.25, 0.3) is 0 Å². The first kappa shape index (κ1) is 13.3. The summed E-state index contributed by atoms with van der Waals surface area (Å²) >= 11 is 9.26. The average molecular weight is 307 g/mol. The van der Waals surface area contributed by atoms with Gasteiger partial charge in [-0.1, -0.05) is 27.5 Å². The molecule has 1 rings (SSSR count). The van der Waals surface area contributed by atoms with Gasteiger partial charge in [0.2, 0.25) is 5.91 Å². The average Bonchev–Trinajstić information content (AvgIpc) is 2.22. The van der Waals surface area contributed by atoms with Crippen molar-refractivity contribution in [2.75, 3.05) is 20.7 Å². The van der Waals surface area contributed by atoms with Crippen molar-refractivity contribution in [3.8, 4) is 5.75 Å². The highest BCUT2D eigenvalue weighted by molar-refractivity contribution is 9.10. The maximum absolute atomic E-state index is 11.3. The van der Waals surface area contributed by atoms with E-state index in [-0.39, 0.29) is 5.91 Å². The van der Waals surface area contributed by atoms with Crippen LogP contribution in [0.3, 0.4) is 0 Å². The van der Waals surface area contributed by atoms with Gasteiger partial charge in [-0.3, -0.25) is 4.79 Å². The Morgan fingerprint density at radius 2 is 2.19 bits per heavy atom. The molecule has 1 aromatic rings. The summed E-state index contributed by atoms with van der Waals surface area (Å²) in [6.45, 7) is 0.327. The second-order valence-corrected chi connectivity index (χ2v) is 4.78. The van der Waals surface area contributed by atoms with Crippen LogP contribution in [0, 0.1) is 0 Å². The second kappa shape index (κ2) is 6.11. The molecule has 0 unspecified atom stereocenters. The van der Waals surface area contributed by atoms with Gasteiger partial charge >= 0.3 is 0 Å². The molecule has 0 aliphatic rings. The van der Waals surface area contributed by atoms with Crippen LogP contribution < -0.4 is 4.74 Å². The monoisotopic (exact) mass is 305 g/mol. The van der Waals surface area contributed by atoms with Crippen molar-refractivity contribution in [1.82, 2.24) is 4.90 Å². The smallest absolute Gasteiger partial charge is 0.225 e. The zero-order valence-electron chi connectivity index (χ0n) is 9.17. The minimum Gasteiger partial charge on any atom is -0.491 e. The summed E-state index contributed by atoms with van der Waals surface area (Å²) in [5, 5.41) is 0.542. The van der Waals surface area contributed by atoms with Crippen LogP contribution in [0.2, 0.25) is 5.02 Å². The topological polar surface area (TPSA) is 29.5 Å². The summed E-state index contributed by atoms with van der Waals surface area (Å²) < 4.78 is 6.32. The van der Waals surface area contributed by atoms with E-state index in [1.165, 1.54) is 4.90 Å². The number of hydrogen-bond acceptors (Lipinski definition) is 2. The van der Waals surface area contributed by atoms with Crippen molar-refractivity contribution in [3.63, 3.8) is 0 Å². The van der Waals surface area contributed by atoms with Gasteiger partial charge in [0.1, 0.15) is 5.75 Å². The Morgan fingerprint density at radius 3 is 2.81 bits per heavy atom. The first-order valence-corrected chi connectivity index (χ1v) is 5.96. The van der Waals surface area contributed by atoms with Crippen LogP contribution in [0.1, 0.15) is 6.42 Å². The fourth-order valence-corrected chi connectivity index (χ4v) is 1.57. The van der Waals surface area contributed by atoms with E-state index in [2.05, 4.69) is 15.9 Å². The van der Waals surface area contributed by atoms with Crippen LogP contribution in [0.25, 0.3) is 0 Å². The SMILES string of the molecule is CN(C)C(=O)CCOc1cc(Br)ccc1Cl. The maximum atomic E-state index is 11.3. The quantitative estimate of drug-likeness (QED) is 0.856. The minimum atomic E-state index is 0.0334. The number of ether oxygens (including phenoxy) is 1. The summed E-state index contributed by atoms with van der Waals surface area (Å²) in [6, 6.07) is 5.36. The lowest BCUT2D eigenvalue weighted by Crippen LogP contribution is -2.23. The van der Waals surface area contributed by atoms with E-state index in [4.69, 9.17) is 16.3 Å². The van der Waals surface area contributed by atoms with Crippen LogP contribution in [-0.4, -0.2) is 31.5 Å². The van der Waals surface area contributed by atoms with Crippen molar-refractivity contribution in [2.45, 2.75) is 6.42 Å². The normalized spacial score (nSPS) is 10.0. The molecule has 1 aromatic carbocycles. The van der Waals surface area contributed by atoms with E-state index in [1.807, 2.05) is 6.07 Å². The van der Waals surface area contributed by atoms with Gasteiger partial charge in [-0.2, -0.15) is 0 Å². The number of hydrogen-bond donors (Lipinski definition) is 0. The minimum absolute atomic E-state index is 0.0334. The summed E-state index contributed by atoms with van der Waals surface area (Å²) in [5.41, 5.74) is 0. The number of amides is 1. The molecule has 3 nitrogen and oxygen atoms in total. The van der Waals surface area contributed by atoms with Gasteiger partial charge in [-0.25, -0.2) is 0 Å². The molecule has 5 heteroatoms. The standard InChI is InChI=1S/C11H13BrClNO2/c1-14(2)11(15)5-6-16-10-7-8(12)3-4-9(10)13/h3-4,7H,5-6H2,1-2H3. The number of halogens is 2. The summed E-state index contributed by atoms with van der Waals surface area (Å²) in [5.74, 6) is 0.619. The molecule has 0 heterocycles. The molecule has 0 aliphatic heterocycles. The van der Waals surface area contributed by atoms with Crippen LogP contribution in [0.4, 0.5) is 0 Å². The van der Waals surface area contributed by atoms with E-state index in [9.17, 15) is 4.79 Å². The van der Waals surface area contributed by atoms with Crippen molar-refractivity contribution in [3.05, 3.63) is 27.7 Å². The molecule has 88 valence electrons. The highest BCUT2D eigenvalue weighted by Crippen LogP contribution is 2.27. The number of carbonyl (C=O) groups is 1. The van der Waals surface area contributed by atoms with E-state index in [0.717, 1.165) is 4.47 Å². The highest BCUT2D eigenvalue weighted by atomic mass is 79.9. The maximum Gasteiger partial charge on any atom is 0.225 e. The molecule has 16 heavy (non-hydrogen) atoms. The first-order valence-electron chi connectivity index (χ1n) is 4.78. The molecule has 0 saturated carbocycles. The number of carbonyl (C=O) groups excluding carboxylic acids is 1. The Bertz CT molecular complexity index is 382. The first-order chi connectivity index (χ1) is 7.50. The predicted molar refractivity (Wildman–Crippen MR) is 68.0 cm³/mol. The van der Waals surface area contributed by atoms with Gasteiger partial charge < -0.3 is 9.64 Å². The van der Waals surface area contributed by atoms with Crippen molar-refractivity contribution in [1.29, 1.82) is 0 Å². The molecular weight excluding hydrogens is 293 g/mol. The van der Waals surface area contributed by atoms with Crippen molar-refractivity contribution < 1.29 is 9.53 Å². The Hall–Kier alpha value is -0.740. The second-order valence-electron chi connectivity index (χ2n) is 3.46. The number of benzene rings is 1. The third kappa shape index (κ3) is 4.02. The Labute approximate surface area is 108 Å². The lowest BCUT2D eigenvalue weighted by Gasteiger charge is -2.11. The van der Waals surface area contributed by atoms with E-state index < -0.39 is 0 Å². The van der Waals surface area contributed by atoms with Gasteiger partial charge in [0.15, 0.2) is 0 Å². The summed E-state index contributed by atoms with van der Waals surface area (Å²) in [6.07, 6.45) is 0.343. The molecule has 0 bridgehead atoms. The van der Waals surface area contributed by atoms with Gasteiger partial charge in [0, 0.05) is 18.6 Å². The summed E-state index contributed by atoms with van der Waals surface area (Å²) in [4.78, 5) is 12.8. The lowest BCUT2D eigenvalue weighted by atomic mass is 10.3. The summed E-state index contributed by atoms with van der Waals surface area (Å²) in [7, 11) is 3.43. The van der Waals surface area contributed by atoms with Gasteiger partial charge in [-0.05, 0) is 18.2 Å². The molecule has 1 amide bonds. The number of nitrogens with zero attached hydrogens (tertiary/aromatic N) is 1. The zero-order valence-corrected chi connectivity index (χ0v) is 11.5. The third-order valence-electron chi connectivity index (χ3n) is 1.97. The zero-order chi connectivity index (χ0) is 12.1. The molecule has 0 fully saturated rings. The molecule has 0 aromatic heterocycles. The Kier molecular flexibility index (Phi) is 5.09. The Balaban J connectivity index is 2.49. The van der Waals surface area contributed by atoms with E-state index in [0.29, 0.717) is 23.8 Å². The Morgan fingerprint density at radius 1 is 1.50 bits per heavy atom. The fraction of sp³-hybridized carbons (Fsp3) is 0.364. The highest BCUT2D eigenvalue weighted by Gasteiger charge is 2.06. The van der Waals surface area contributed by atoms with E-state index >= 15 is 0 Å². The molecule has 0 N–H and O–H groups in total. The predicted octanol–water partition coefficient (Wildman–Crippen LogP) is 2.96. The fourth-order valence-electron chi connectivity index (χ4n) is 1.06. The number of rotatable bonds is 4. The third-order valence-corrected chi connectivity index (χ3v) is 2.77. The van der Waals surface area contributed by atoms with Crippen molar-refractivity contribution in [2.24, 2.45) is 0 Å². The van der Waals surface area contributed by atoms with Crippen molar-refractivity contribution >= 4 is 33.4 Å². The largest absolute Gasteiger partial charge is 0.491 e. The molecule has 0 radical (unpaired) electrons. The van der Waals surface area contributed by atoms with Crippen LogP contribution in [0.5, 0.6) is 5.75 Å². The molecule has 0 atom stereocenters. The van der Waals surface area contributed by atoms with Crippen LogP contribution >= 0.6 is 27.5 Å². The van der Waals surface area contributed by atoms with Crippen LogP contribution in [-0.2, 0) is 4.79 Å².